The van der Waals surface area contributed by atoms with E-state index in [-0.39, 0.29) is 11.6 Å². The minimum Gasteiger partial charge on any atom is -0.316 e. The number of amides is 1. The summed E-state index contributed by atoms with van der Waals surface area (Å²) in [6, 6.07) is 10.3. The summed E-state index contributed by atoms with van der Waals surface area (Å²) in [7, 11) is 0. The maximum Gasteiger partial charge on any atom is 0.279 e. The van der Waals surface area contributed by atoms with Gasteiger partial charge in [-0.05, 0) is 49.6 Å². The van der Waals surface area contributed by atoms with Gasteiger partial charge in [0.2, 0.25) is 0 Å². The molecule has 134 valence electrons. The third kappa shape index (κ3) is 3.43. The Labute approximate surface area is 154 Å². The Morgan fingerprint density at radius 2 is 1.96 bits per heavy atom. The predicted octanol–water partition coefficient (Wildman–Crippen LogP) is 4.38. The van der Waals surface area contributed by atoms with Crippen molar-refractivity contribution in [3.05, 3.63) is 68.0 Å². The zero-order chi connectivity index (χ0) is 18.8. The van der Waals surface area contributed by atoms with Crippen molar-refractivity contribution in [3.8, 4) is 0 Å². The Morgan fingerprint density at radius 3 is 2.62 bits per heavy atom. The molecule has 6 nitrogen and oxygen atoms in total. The van der Waals surface area contributed by atoms with Gasteiger partial charge in [0.25, 0.3) is 11.6 Å². The lowest BCUT2D eigenvalue weighted by atomic mass is 10.1. The average molecular weight is 369 g/mol. The van der Waals surface area contributed by atoms with Gasteiger partial charge in [0.05, 0.1) is 15.1 Å². The summed E-state index contributed by atoms with van der Waals surface area (Å²) >= 11 is 1.30. The highest BCUT2D eigenvalue weighted by Gasteiger charge is 2.13. The number of thiazole rings is 1. The maximum atomic E-state index is 12.6. The van der Waals surface area contributed by atoms with Crippen LogP contribution in [0.15, 0.2) is 41.4 Å². The van der Waals surface area contributed by atoms with Gasteiger partial charge >= 0.3 is 0 Å². The topological polar surface area (TPSA) is 77.5 Å². The third-order valence-corrected chi connectivity index (χ3v) is 5.32. The first-order valence-corrected chi connectivity index (χ1v) is 9.16. The average Bonchev–Trinajstić information content (AvgIpc) is 2.94. The number of carbonyl (C=O) groups is 1. The van der Waals surface area contributed by atoms with Crippen LogP contribution in [0.3, 0.4) is 0 Å². The predicted molar refractivity (Wildman–Crippen MR) is 103 cm³/mol. The van der Waals surface area contributed by atoms with Crippen molar-refractivity contribution in [3.63, 3.8) is 0 Å². The normalized spacial score (nSPS) is 11.9. The van der Waals surface area contributed by atoms with Crippen LogP contribution >= 0.6 is 11.3 Å². The highest BCUT2D eigenvalue weighted by Crippen LogP contribution is 2.23. The first-order chi connectivity index (χ1) is 12.4. The van der Waals surface area contributed by atoms with E-state index < -0.39 is 4.92 Å². The molecule has 7 heteroatoms. The maximum absolute atomic E-state index is 12.6. The van der Waals surface area contributed by atoms with Crippen molar-refractivity contribution in [2.75, 3.05) is 0 Å². The minimum absolute atomic E-state index is 0.0365. The van der Waals surface area contributed by atoms with E-state index >= 15 is 0 Å². The molecule has 0 bridgehead atoms. The van der Waals surface area contributed by atoms with Crippen LogP contribution in [0.1, 0.15) is 34.8 Å². The molecule has 0 saturated heterocycles. The van der Waals surface area contributed by atoms with E-state index in [1.54, 1.807) is 12.1 Å². The van der Waals surface area contributed by atoms with E-state index in [2.05, 4.69) is 4.99 Å². The number of benzene rings is 2. The molecule has 0 atom stereocenters. The molecule has 1 aromatic heterocycles. The largest absolute Gasteiger partial charge is 0.316 e. The standard InChI is InChI=1S/C19H19N3O3S/c1-4-9-21-16-8-7-15(22(24)25)11-17(16)26-19(21)20-18(23)14-6-5-12(2)13(3)10-14/h5-8,10-11H,4,9H2,1-3H3. The number of carbonyl (C=O) groups excluding carboxylic acids is 1. The molecule has 1 heterocycles. The summed E-state index contributed by atoms with van der Waals surface area (Å²) in [6.45, 7) is 6.68. The Kier molecular flexibility index (Phi) is 4.99. The number of fused-ring (bicyclic) bond motifs is 1. The van der Waals surface area contributed by atoms with Crippen LogP contribution in [0.4, 0.5) is 5.69 Å². The molecule has 0 aliphatic rings. The van der Waals surface area contributed by atoms with Crippen molar-refractivity contribution in [1.29, 1.82) is 0 Å². The molecule has 2 aromatic carbocycles. The number of aromatic nitrogens is 1. The van der Waals surface area contributed by atoms with Gasteiger partial charge in [-0.2, -0.15) is 4.99 Å². The molecule has 0 radical (unpaired) electrons. The van der Waals surface area contributed by atoms with Crippen LogP contribution < -0.4 is 4.80 Å². The fourth-order valence-electron chi connectivity index (χ4n) is 2.73. The quantitative estimate of drug-likeness (QED) is 0.506. The number of hydrogen-bond acceptors (Lipinski definition) is 4. The molecular weight excluding hydrogens is 350 g/mol. The van der Waals surface area contributed by atoms with Crippen LogP contribution in [0, 0.1) is 24.0 Å². The highest BCUT2D eigenvalue weighted by atomic mass is 32.1. The third-order valence-electron chi connectivity index (χ3n) is 4.28. The Balaban J connectivity index is 2.13. The van der Waals surface area contributed by atoms with Crippen LogP contribution in [-0.4, -0.2) is 15.4 Å². The Morgan fingerprint density at radius 1 is 1.19 bits per heavy atom. The van der Waals surface area contributed by atoms with E-state index in [4.69, 9.17) is 0 Å². The molecule has 0 N–H and O–H groups in total. The summed E-state index contributed by atoms with van der Waals surface area (Å²) in [5, 5.41) is 11.0. The van der Waals surface area contributed by atoms with Crippen molar-refractivity contribution in [2.45, 2.75) is 33.7 Å². The van der Waals surface area contributed by atoms with Crippen molar-refractivity contribution < 1.29 is 9.72 Å². The monoisotopic (exact) mass is 369 g/mol. The first kappa shape index (κ1) is 18.0. The van der Waals surface area contributed by atoms with E-state index in [0.717, 1.165) is 27.8 Å². The highest BCUT2D eigenvalue weighted by molar-refractivity contribution is 7.16. The van der Waals surface area contributed by atoms with Crippen LogP contribution in [-0.2, 0) is 6.54 Å². The fraction of sp³-hybridized carbons (Fsp3) is 0.263. The van der Waals surface area contributed by atoms with Gasteiger partial charge in [-0.25, -0.2) is 0 Å². The van der Waals surface area contributed by atoms with Crippen LogP contribution in [0.5, 0.6) is 0 Å². The number of nitro benzene ring substituents is 1. The lowest BCUT2D eigenvalue weighted by molar-refractivity contribution is -0.384. The second kappa shape index (κ2) is 7.21. The van der Waals surface area contributed by atoms with E-state index in [1.807, 2.05) is 37.5 Å². The van der Waals surface area contributed by atoms with E-state index in [0.29, 0.717) is 16.9 Å². The second-order valence-corrected chi connectivity index (χ2v) is 7.17. The smallest absolute Gasteiger partial charge is 0.279 e. The van der Waals surface area contributed by atoms with Crippen LogP contribution in [0.2, 0.25) is 0 Å². The SMILES string of the molecule is CCCn1c(=NC(=O)c2ccc(C)c(C)c2)sc2cc([N+](=O)[O-])ccc21. The summed E-state index contributed by atoms with van der Waals surface area (Å²) in [5.41, 5.74) is 3.60. The summed E-state index contributed by atoms with van der Waals surface area (Å²) < 4.78 is 2.70. The molecule has 0 spiro atoms. The van der Waals surface area contributed by atoms with Crippen LogP contribution in [0.25, 0.3) is 10.2 Å². The zero-order valence-electron chi connectivity index (χ0n) is 14.9. The number of hydrogen-bond donors (Lipinski definition) is 0. The second-order valence-electron chi connectivity index (χ2n) is 6.16. The molecule has 3 aromatic rings. The number of nitro groups is 1. The molecule has 0 unspecified atom stereocenters. The van der Waals surface area contributed by atoms with Crippen molar-refractivity contribution in [2.24, 2.45) is 4.99 Å². The zero-order valence-corrected chi connectivity index (χ0v) is 15.7. The summed E-state index contributed by atoms with van der Waals surface area (Å²) in [6.07, 6.45) is 0.869. The minimum atomic E-state index is -0.416. The molecule has 0 fully saturated rings. The Bertz CT molecular complexity index is 1080. The molecule has 0 saturated carbocycles. The molecule has 3 rings (SSSR count). The van der Waals surface area contributed by atoms with Gasteiger partial charge in [0.15, 0.2) is 4.80 Å². The number of rotatable bonds is 4. The van der Waals surface area contributed by atoms with Crippen molar-refractivity contribution >= 4 is 33.1 Å². The van der Waals surface area contributed by atoms with E-state index in [1.165, 1.54) is 23.5 Å². The lowest BCUT2D eigenvalue weighted by Crippen LogP contribution is -2.16. The molecule has 0 aliphatic heterocycles. The summed E-state index contributed by atoms with van der Waals surface area (Å²) in [4.78, 5) is 28.1. The first-order valence-electron chi connectivity index (χ1n) is 8.34. The number of non-ortho nitro benzene ring substituents is 1. The van der Waals surface area contributed by atoms with Crippen molar-refractivity contribution in [1.82, 2.24) is 4.57 Å². The van der Waals surface area contributed by atoms with Gasteiger partial charge in [-0.1, -0.05) is 24.3 Å². The molecule has 26 heavy (non-hydrogen) atoms. The Hall–Kier alpha value is -2.80. The van der Waals surface area contributed by atoms with Gasteiger partial charge < -0.3 is 4.57 Å². The van der Waals surface area contributed by atoms with Gasteiger partial charge in [-0.3, -0.25) is 14.9 Å². The molecule has 0 aliphatic carbocycles. The summed E-state index contributed by atoms with van der Waals surface area (Å²) in [5.74, 6) is -0.306. The number of aryl methyl sites for hydroxylation is 3. The number of nitrogens with zero attached hydrogens (tertiary/aromatic N) is 3. The van der Waals surface area contributed by atoms with Gasteiger partial charge in [0.1, 0.15) is 0 Å². The fourth-order valence-corrected chi connectivity index (χ4v) is 3.81. The lowest BCUT2D eigenvalue weighted by Gasteiger charge is -2.03. The van der Waals surface area contributed by atoms with E-state index in [9.17, 15) is 14.9 Å². The molecule has 1 amide bonds. The molecular formula is C19H19N3O3S. The van der Waals surface area contributed by atoms with Gasteiger partial charge in [0, 0.05) is 24.2 Å². The van der Waals surface area contributed by atoms with Gasteiger partial charge in [-0.15, -0.1) is 0 Å².